The van der Waals surface area contributed by atoms with E-state index in [4.69, 9.17) is 0 Å². The summed E-state index contributed by atoms with van der Waals surface area (Å²) in [5, 5.41) is 15.7. The van der Waals surface area contributed by atoms with Gasteiger partial charge < -0.3 is 5.11 Å². The summed E-state index contributed by atoms with van der Waals surface area (Å²) in [6.45, 7) is 3.73. The molecule has 3 aromatic rings. The molecule has 1 aromatic carbocycles. The highest BCUT2D eigenvalue weighted by Gasteiger charge is 2.47. The number of pyridine rings is 1. The van der Waals surface area contributed by atoms with Crippen LogP contribution in [0, 0.1) is 17.0 Å². The van der Waals surface area contributed by atoms with Gasteiger partial charge in [0.1, 0.15) is 29.9 Å². The lowest BCUT2D eigenvalue weighted by atomic mass is 9.71. The maximum absolute atomic E-state index is 14.6. The predicted molar refractivity (Wildman–Crippen MR) is 104 cm³/mol. The minimum absolute atomic E-state index is 0.00162. The molecule has 0 bridgehead atoms. The Labute approximate surface area is 166 Å². The number of benzene rings is 1. The topological polar surface area (TPSA) is 63.8 Å². The van der Waals surface area contributed by atoms with Crippen molar-refractivity contribution < 1.29 is 13.9 Å². The van der Waals surface area contributed by atoms with Crippen LogP contribution in [0.4, 0.5) is 8.78 Å². The van der Waals surface area contributed by atoms with Gasteiger partial charge in [-0.3, -0.25) is 4.98 Å². The Morgan fingerprint density at radius 2 is 1.86 bits per heavy atom. The average Bonchev–Trinajstić information content (AvgIpc) is 3.15. The van der Waals surface area contributed by atoms with Crippen LogP contribution < -0.4 is 0 Å². The first-order valence-electron chi connectivity index (χ1n) is 8.79. The molecule has 1 atom stereocenters. The fourth-order valence-electron chi connectivity index (χ4n) is 3.06. The van der Waals surface area contributed by atoms with Gasteiger partial charge in [-0.15, -0.1) is 0 Å². The molecule has 0 aliphatic carbocycles. The van der Waals surface area contributed by atoms with Gasteiger partial charge in [-0.2, -0.15) is 16.9 Å². The number of rotatable bonds is 8. The molecule has 3 rings (SSSR count). The number of nitrogens with zero attached hydrogens (tertiary/aromatic N) is 4. The molecule has 1 unspecified atom stereocenters. The zero-order valence-electron chi connectivity index (χ0n) is 15.7. The Balaban J connectivity index is 1.88. The number of thioether (sulfide) groups is 1. The molecule has 8 heteroatoms. The monoisotopic (exact) mass is 404 g/mol. The van der Waals surface area contributed by atoms with E-state index in [9.17, 15) is 13.9 Å². The maximum atomic E-state index is 14.6. The van der Waals surface area contributed by atoms with Crippen LogP contribution in [0.2, 0.25) is 0 Å². The van der Waals surface area contributed by atoms with Gasteiger partial charge in [-0.05, 0) is 23.8 Å². The van der Waals surface area contributed by atoms with E-state index in [-0.39, 0.29) is 12.1 Å². The summed E-state index contributed by atoms with van der Waals surface area (Å²) in [4.78, 5) is 7.90. The van der Waals surface area contributed by atoms with Crippen molar-refractivity contribution in [2.75, 3.05) is 5.75 Å². The van der Waals surface area contributed by atoms with E-state index in [2.05, 4.69) is 15.1 Å². The van der Waals surface area contributed by atoms with Crippen molar-refractivity contribution in [3.8, 4) is 0 Å². The summed E-state index contributed by atoms with van der Waals surface area (Å²) >= 11 is 1.63. The fraction of sp³-hybridized carbons (Fsp3) is 0.350. The summed E-state index contributed by atoms with van der Waals surface area (Å²) in [7, 11) is 0. The van der Waals surface area contributed by atoms with Crippen LogP contribution in [0.5, 0.6) is 0 Å². The minimum atomic E-state index is -1.62. The molecular weight excluding hydrogens is 382 g/mol. The van der Waals surface area contributed by atoms with E-state index in [1.165, 1.54) is 23.4 Å². The quantitative estimate of drug-likeness (QED) is 0.619. The van der Waals surface area contributed by atoms with Crippen LogP contribution in [-0.2, 0) is 17.9 Å². The second-order valence-electron chi connectivity index (χ2n) is 7.31. The predicted octanol–water partition coefficient (Wildman–Crippen LogP) is 3.80. The highest BCUT2D eigenvalue weighted by atomic mass is 32.2. The summed E-state index contributed by atoms with van der Waals surface area (Å²) in [6.07, 6.45) is 6.28. The Hall–Kier alpha value is -2.32. The lowest BCUT2D eigenvalue weighted by Gasteiger charge is -2.43. The zero-order valence-corrected chi connectivity index (χ0v) is 16.5. The Morgan fingerprint density at radius 1 is 1.11 bits per heavy atom. The minimum Gasteiger partial charge on any atom is -0.383 e. The van der Waals surface area contributed by atoms with Crippen molar-refractivity contribution in [2.24, 2.45) is 5.41 Å². The summed E-state index contributed by atoms with van der Waals surface area (Å²) in [5.74, 6) is -0.196. The Kier molecular flexibility index (Phi) is 6.10. The van der Waals surface area contributed by atoms with E-state index in [1.807, 2.05) is 26.0 Å². The summed E-state index contributed by atoms with van der Waals surface area (Å²) < 4.78 is 29.5. The van der Waals surface area contributed by atoms with Gasteiger partial charge in [0, 0.05) is 40.9 Å². The molecule has 2 aromatic heterocycles. The van der Waals surface area contributed by atoms with Crippen molar-refractivity contribution >= 4 is 11.8 Å². The van der Waals surface area contributed by atoms with Crippen molar-refractivity contribution in [3.63, 3.8) is 0 Å². The third kappa shape index (κ3) is 4.39. The highest BCUT2D eigenvalue weighted by molar-refractivity contribution is 7.98. The van der Waals surface area contributed by atoms with Gasteiger partial charge in [0.15, 0.2) is 0 Å². The normalized spacial score (nSPS) is 14.0. The standard InChI is InChI=1S/C20H22F2N4OS/c1-19(2,12-28-10-15-5-7-23-8-6-15)20(27,11-26-14-24-13-25-26)17-4-3-16(21)9-18(17)22/h3-9,13-14,27H,10-12H2,1-2H3. The molecular formula is C20H22F2N4OS. The summed E-state index contributed by atoms with van der Waals surface area (Å²) in [6, 6.07) is 7.12. The van der Waals surface area contributed by atoms with Gasteiger partial charge in [0.25, 0.3) is 0 Å². The van der Waals surface area contributed by atoms with E-state index < -0.39 is 22.7 Å². The molecule has 28 heavy (non-hydrogen) atoms. The van der Waals surface area contributed by atoms with Gasteiger partial charge in [0.05, 0.1) is 6.54 Å². The second-order valence-corrected chi connectivity index (χ2v) is 8.30. The molecule has 0 saturated heterocycles. The third-order valence-corrected chi connectivity index (χ3v) is 6.30. The van der Waals surface area contributed by atoms with Crippen LogP contribution in [0.25, 0.3) is 0 Å². The lowest BCUT2D eigenvalue weighted by molar-refractivity contribution is -0.0804. The van der Waals surface area contributed by atoms with Gasteiger partial charge in [-0.25, -0.2) is 18.4 Å². The maximum Gasteiger partial charge on any atom is 0.137 e. The second kappa shape index (κ2) is 8.36. The summed E-state index contributed by atoms with van der Waals surface area (Å²) in [5.41, 5.74) is -1.22. The van der Waals surface area contributed by atoms with Crippen LogP contribution >= 0.6 is 11.8 Å². The Bertz CT molecular complexity index is 906. The molecule has 5 nitrogen and oxygen atoms in total. The highest BCUT2D eigenvalue weighted by Crippen LogP contribution is 2.44. The van der Waals surface area contributed by atoms with Gasteiger partial charge >= 0.3 is 0 Å². The molecule has 2 heterocycles. The van der Waals surface area contributed by atoms with Crippen molar-refractivity contribution in [1.29, 1.82) is 0 Å². The fourth-order valence-corrected chi connectivity index (χ4v) is 4.34. The SMILES string of the molecule is CC(C)(CSCc1ccncc1)C(O)(Cn1cncn1)c1ccc(F)cc1F. The molecule has 1 N–H and O–H groups in total. The molecule has 0 saturated carbocycles. The molecule has 0 aliphatic heterocycles. The third-order valence-electron chi connectivity index (χ3n) is 4.83. The molecule has 0 fully saturated rings. The molecule has 0 spiro atoms. The average molecular weight is 404 g/mol. The first-order chi connectivity index (χ1) is 13.3. The van der Waals surface area contributed by atoms with Gasteiger partial charge in [-0.1, -0.05) is 19.9 Å². The first kappa shape index (κ1) is 20.4. The lowest BCUT2D eigenvalue weighted by Crippen LogP contribution is -2.47. The number of halogens is 2. The smallest absolute Gasteiger partial charge is 0.137 e. The molecule has 0 radical (unpaired) electrons. The first-order valence-corrected chi connectivity index (χ1v) is 9.94. The van der Waals surface area contributed by atoms with Crippen molar-refractivity contribution in [3.05, 3.63) is 78.1 Å². The van der Waals surface area contributed by atoms with Crippen LogP contribution in [-0.4, -0.2) is 30.6 Å². The van der Waals surface area contributed by atoms with Crippen molar-refractivity contribution in [1.82, 2.24) is 19.7 Å². The van der Waals surface area contributed by atoms with Crippen molar-refractivity contribution in [2.45, 2.75) is 31.7 Å². The number of aliphatic hydroxyl groups is 1. The molecule has 148 valence electrons. The molecule has 0 amide bonds. The van der Waals surface area contributed by atoms with Crippen LogP contribution in [0.1, 0.15) is 25.0 Å². The largest absolute Gasteiger partial charge is 0.383 e. The van der Waals surface area contributed by atoms with Crippen LogP contribution in [0.3, 0.4) is 0 Å². The zero-order chi connectivity index (χ0) is 20.2. The van der Waals surface area contributed by atoms with Crippen LogP contribution in [0.15, 0.2) is 55.4 Å². The number of hydrogen-bond acceptors (Lipinski definition) is 5. The van der Waals surface area contributed by atoms with E-state index >= 15 is 0 Å². The van der Waals surface area contributed by atoms with Gasteiger partial charge in [0.2, 0.25) is 0 Å². The Morgan fingerprint density at radius 3 is 2.50 bits per heavy atom. The van der Waals surface area contributed by atoms with E-state index in [1.54, 1.807) is 24.2 Å². The number of aromatic nitrogens is 4. The molecule has 0 aliphatic rings. The van der Waals surface area contributed by atoms with E-state index in [0.29, 0.717) is 5.75 Å². The number of hydrogen-bond donors (Lipinski definition) is 1. The van der Waals surface area contributed by atoms with E-state index in [0.717, 1.165) is 23.4 Å².